The number of amides is 1. The number of rotatable bonds is 5. The molecule has 1 unspecified atom stereocenters. The molecule has 0 bridgehead atoms. The second kappa shape index (κ2) is 6.58. The summed E-state index contributed by atoms with van der Waals surface area (Å²) in [6, 6.07) is 6.34. The normalized spacial score (nSPS) is 12.4. The highest BCUT2D eigenvalue weighted by Gasteiger charge is 2.15. The van der Waals surface area contributed by atoms with Crippen LogP contribution in [0.1, 0.15) is 18.5 Å². The van der Waals surface area contributed by atoms with Gasteiger partial charge in [-0.05, 0) is 31.7 Å². The first kappa shape index (κ1) is 14.6. The lowest BCUT2D eigenvalue weighted by Gasteiger charge is -2.24. The highest BCUT2D eigenvalue weighted by atomic mass is 32.1. The molecule has 0 spiro atoms. The summed E-state index contributed by atoms with van der Waals surface area (Å²) in [5.41, 5.74) is 0.968. The predicted octanol–water partition coefficient (Wildman–Crippen LogP) is 2.91. The highest BCUT2D eigenvalue weighted by Crippen LogP contribution is 2.19. The molecule has 0 fully saturated rings. The van der Waals surface area contributed by atoms with Gasteiger partial charge in [-0.2, -0.15) is 0 Å². The van der Waals surface area contributed by atoms with E-state index in [1.807, 2.05) is 18.9 Å². The van der Waals surface area contributed by atoms with Crippen LogP contribution in [0.3, 0.4) is 0 Å². The van der Waals surface area contributed by atoms with Crippen molar-refractivity contribution in [3.63, 3.8) is 0 Å². The van der Waals surface area contributed by atoms with E-state index in [1.165, 1.54) is 23.5 Å². The van der Waals surface area contributed by atoms with Gasteiger partial charge in [-0.15, -0.1) is 11.3 Å². The first-order valence-corrected chi connectivity index (χ1v) is 7.09. The second-order valence-electron chi connectivity index (χ2n) is 4.53. The standard InChI is InChI=1S/C14H16FN3OS/c1-10(11-3-5-12(15)6-4-11)18(2)9-13(19)17-14-16-7-8-20-14/h3-8,10H,9H2,1-2H3,(H,16,17,19). The molecule has 1 heterocycles. The minimum absolute atomic E-state index is 0.0256. The van der Waals surface area contributed by atoms with Gasteiger partial charge in [0.2, 0.25) is 5.91 Å². The molecule has 0 aliphatic carbocycles. The summed E-state index contributed by atoms with van der Waals surface area (Å²) in [5, 5.41) is 5.14. The number of hydrogen-bond donors (Lipinski definition) is 1. The van der Waals surface area contributed by atoms with Gasteiger partial charge < -0.3 is 5.32 Å². The number of thiazole rings is 1. The van der Waals surface area contributed by atoms with Crippen LogP contribution < -0.4 is 5.32 Å². The van der Waals surface area contributed by atoms with Crippen LogP contribution in [0.4, 0.5) is 9.52 Å². The van der Waals surface area contributed by atoms with E-state index in [9.17, 15) is 9.18 Å². The molecule has 1 atom stereocenters. The van der Waals surface area contributed by atoms with E-state index in [1.54, 1.807) is 23.7 Å². The molecule has 6 heteroatoms. The van der Waals surface area contributed by atoms with Gasteiger partial charge in [0.25, 0.3) is 0 Å². The Hall–Kier alpha value is -1.79. The van der Waals surface area contributed by atoms with Gasteiger partial charge in [-0.1, -0.05) is 12.1 Å². The Morgan fingerprint density at radius 2 is 2.15 bits per heavy atom. The number of carbonyl (C=O) groups is 1. The second-order valence-corrected chi connectivity index (χ2v) is 5.42. The number of benzene rings is 1. The minimum atomic E-state index is -0.259. The van der Waals surface area contributed by atoms with Crippen molar-refractivity contribution in [2.75, 3.05) is 18.9 Å². The lowest BCUT2D eigenvalue weighted by atomic mass is 10.1. The molecule has 4 nitrogen and oxygen atoms in total. The Morgan fingerprint density at radius 1 is 1.45 bits per heavy atom. The lowest BCUT2D eigenvalue weighted by molar-refractivity contribution is -0.117. The van der Waals surface area contributed by atoms with Gasteiger partial charge in [0, 0.05) is 17.6 Å². The third-order valence-corrected chi connectivity index (χ3v) is 3.77. The fraction of sp³-hybridized carbons (Fsp3) is 0.286. The van der Waals surface area contributed by atoms with Crippen molar-refractivity contribution in [3.05, 3.63) is 47.2 Å². The maximum absolute atomic E-state index is 12.9. The molecule has 0 saturated heterocycles. The van der Waals surface area contributed by atoms with Crippen LogP contribution in [0.2, 0.25) is 0 Å². The van der Waals surface area contributed by atoms with Crippen molar-refractivity contribution in [2.24, 2.45) is 0 Å². The lowest BCUT2D eigenvalue weighted by Crippen LogP contribution is -2.32. The first-order valence-electron chi connectivity index (χ1n) is 6.21. The molecule has 1 N–H and O–H groups in total. The Bertz CT molecular complexity index is 556. The molecule has 2 rings (SSSR count). The molecule has 106 valence electrons. The Balaban J connectivity index is 1.91. The first-order chi connectivity index (χ1) is 9.56. The summed E-state index contributed by atoms with van der Waals surface area (Å²) in [6.07, 6.45) is 1.64. The Kier molecular flexibility index (Phi) is 4.81. The molecule has 0 aliphatic heterocycles. The van der Waals surface area contributed by atoms with Crippen LogP contribution in [0.25, 0.3) is 0 Å². The van der Waals surface area contributed by atoms with E-state index in [4.69, 9.17) is 0 Å². The molecule has 1 aromatic carbocycles. The largest absolute Gasteiger partial charge is 0.301 e. The summed E-state index contributed by atoms with van der Waals surface area (Å²) in [5.74, 6) is -0.374. The number of hydrogen-bond acceptors (Lipinski definition) is 4. The van der Waals surface area contributed by atoms with Gasteiger partial charge in [-0.25, -0.2) is 9.37 Å². The summed E-state index contributed by atoms with van der Waals surface area (Å²) < 4.78 is 12.9. The van der Waals surface area contributed by atoms with Crippen LogP contribution in [0.15, 0.2) is 35.8 Å². The summed E-state index contributed by atoms with van der Waals surface area (Å²) in [4.78, 5) is 17.8. The van der Waals surface area contributed by atoms with Crippen molar-refractivity contribution in [1.82, 2.24) is 9.88 Å². The molecule has 1 aromatic heterocycles. The van der Waals surface area contributed by atoms with E-state index in [2.05, 4.69) is 10.3 Å². The van der Waals surface area contributed by atoms with Crippen molar-refractivity contribution in [1.29, 1.82) is 0 Å². The van der Waals surface area contributed by atoms with Gasteiger partial charge in [-0.3, -0.25) is 9.69 Å². The van der Waals surface area contributed by atoms with Gasteiger partial charge in [0.1, 0.15) is 5.82 Å². The monoisotopic (exact) mass is 293 g/mol. The van der Waals surface area contributed by atoms with Crippen LogP contribution in [0.5, 0.6) is 0 Å². The molecule has 20 heavy (non-hydrogen) atoms. The summed E-state index contributed by atoms with van der Waals surface area (Å²) in [7, 11) is 1.86. The van der Waals surface area contributed by atoms with E-state index in [0.29, 0.717) is 5.13 Å². The highest BCUT2D eigenvalue weighted by molar-refractivity contribution is 7.13. The van der Waals surface area contributed by atoms with Gasteiger partial charge in [0.05, 0.1) is 6.54 Å². The maximum atomic E-state index is 12.9. The topological polar surface area (TPSA) is 45.2 Å². The van der Waals surface area contributed by atoms with E-state index >= 15 is 0 Å². The summed E-state index contributed by atoms with van der Waals surface area (Å²) >= 11 is 1.38. The molecular weight excluding hydrogens is 277 g/mol. The van der Waals surface area contributed by atoms with E-state index < -0.39 is 0 Å². The quantitative estimate of drug-likeness (QED) is 0.922. The molecule has 2 aromatic rings. The van der Waals surface area contributed by atoms with Crippen molar-refractivity contribution in [3.8, 4) is 0 Å². The number of nitrogens with one attached hydrogen (secondary N) is 1. The fourth-order valence-electron chi connectivity index (χ4n) is 1.80. The average Bonchev–Trinajstić information content (AvgIpc) is 2.91. The molecule has 0 radical (unpaired) electrons. The molecule has 1 amide bonds. The zero-order chi connectivity index (χ0) is 14.5. The zero-order valence-electron chi connectivity index (χ0n) is 11.3. The van der Waals surface area contributed by atoms with E-state index in [-0.39, 0.29) is 24.3 Å². The number of likely N-dealkylation sites (N-methyl/N-ethyl adjacent to an activating group) is 1. The van der Waals surface area contributed by atoms with Crippen molar-refractivity contribution in [2.45, 2.75) is 13.0 Å². The predicted molar refractivity (Wildman–Crippen MR) is 78.2 cm³/mol. The van der Waals surface area contributed by atoms with Gasteiger partial charge in [0.15, 0.2) is 5.13 Å². The van der Waals surface area contributed by atoms with Crippen LogP contribution in [-0.4, -0.2) is 29.4 Å². The number of anilines is 1. The Labute approximate surface area is 121 Å². The average molecular weight is 293 g/mol. The Morgan fingerprint density at radius 3 is 2.75 bits per heavy atom. The molecule has 0 saturated carbocycles. The SMILES string of the molecule is CC(c1ccc(F)cc1)N(C)CC(=O)Nc1nccs1. The fourth-order valence-corrected chi connectivity index (χ4v) is 2.35. The number of halogens is 1. The molecular formula is C14H16FN3OS. The smallest absolute Gasteiger partial charge is 0.240 e. The third kappa shape index (κ3) is 3.85. The van der Waals surface area contributed by atoms with Crippen molar-refractivity contribution < 1.29 is 9.18 Å². The van der Waals surface area contributed by atoms with E-state index in [0.717, 1.165) is 5.56 Å². The zero-order valence-corrected chi connectivity index (χ0v) is 12.2. The van der Waals surface area contributed by atoms with Crippen molar-refractivity contribution >= 4 is 22.4 Å². The minimum Gasteiger partial charge on any atom is -0.301 e. The number of aromatic nitrogens is 1. The number of carbonyl (C=O) groups excluding carboxylic acids is 1. The van der Waals surface area contributed by atoms with Gasteiger partial charge >= 0.3 is 0 Å². The third-order valence-electron chi connectivity index (χ3n) is 3.09. The maximum Gasteiger partial charge on any atom is 0.240 e. The number of nitrogens with zero attached hydrogens (tertiary/aromatic N) is 2. The summed E-state index contributed by atoms with van der Waals surface area (Å²) in [6.45, 7) is 2.22. The van der Waals surface area contributed by atoms with Crippen LogP contribution in [-0.2, 0) is 4.79 Å². The van der Waals surface area contributed by atoms with Crippen LogP contribution >= 0.6 is 11.3 Å². The van der Waals surface area contributed by atoms with Crippen LogP contribution in [0, 0.1) is 5.82 Å². The molecule has 0 aliphatic rings.